The van der Waals surface area contributed by atoms with E-state index in [4.69, 9.17) is 0 Å². The molecule has 16 heavy (non-hydrogen) atoms. The van der Waals surface area contributed by atoms with Gasteiger partial charge in [0.2, 0.25) is 0 Å². The molecular weight excluding hydrogens is 204 g/mol. The summed E-state index contributed by atoms with van der Waals surface area (Å²) in [6.07, 6.45) is 6.30. The number of hydrogen-bond acceptors (Lipinski definition) is 4. The van der Waals surface area contributed by atoms with Crippen LogP contribution >= 0.6 is 0 Å². The van der Waals surface area contributed by atoms with E-state index in [-0.39, 0.29) is 6.04 Å². The van der Waals surface area contributed by atoms with Gasteiger partial charge in [-0.2, -0.15) is 0 Å². The number of nitrogens with zero attached hydrogens (tertiary/aromatic N) is 4. The molecule has 0 aromatic carbocycles. The summed E-state index contributed by atoms with van der Waals surface area (Å²) in [6.45, 7) is 2.97. The standard InChI is InChI=1S/C10H16N6/c1-3-11-9(10-12-4-5-13-10)6-8-7-16(2)15-14-8/h4-5,7,9,11H,3,6H2,1-2H3,(H,12,13). The molecule has 2 rings (SSSR count). The Morgan fingerprint density at radius 1 is 1.56 bits per heavy atom. The van der Waals surface area contributed by atoms with Crippen LogP contribution in [0.4, 0.5) is 0 Å². The van der Waals surface area contributed by atoms with Crippen molar-refractivity contribution >= 4 is 0 Å². The molecule has 0 fully saturated rings. The number of rotatable bonds is 5. The quantitative estimate of drug-likeness (QED) is 0.766. The molecule has 1 unspecified atom stereocenters. The van der Waals surface area contributed by atoms with Crippen LogP contribution in [0.1, 0.15) is 24.5 Å². The molecule has 2 aromatic heterocycles. The van der Waals surface area contributed by atoms with Gasteiger partial charge < -0.3 is 10.3 Å². The Morgan fingerprint density at radius 2 is 2.44 bits per heavy atom. The zero-order valence-corrected chi connectivity index (χ0v) is 9.51. The zero-order valence-electron chi connectivity index (χ0n) is 9.51. The SMILES string of the molecule is CCNC(Cc1cn(C)nn1)c1ncc[nH]1. The highest BCUT2D eigenvalue weighted by atomic mass is 15.4. The van der Waals surface area contributed by atoms with E-state index < -0.39 is 0 Å². The fraction of sp³-hybridized carbons (Fsp3) is 0.500. The van der Waals surface area contributed by atoms with Gasteiger partial charge in [0.15, 0.2) is 0 Å². The third-order valence-electron chi connectivity index (χ3n) is 2.36. The Morgan fingerprint density at radius 3 is 3.00 bits per heavy atom. The van der Waals surface area contributed by atoms with Crippen molar-refractivity contribution in [1.29, 1.82) is 0 Å². The van der Waals surface area contributed by atoms with Crippen molar-refractivity contribution < 1.29 is 0 Å². The van der Waals surface area contributed by atoms with E-state index in [1.807, 2.05) is 19.4 Å². The average molecular weight is 220 g/mol. The lowest BCUT2D eigenvalue weighted by Gasteiger charge is -2.13. The molecule has 2 aromatic rings. The van der Waals surface area contributed by atoms with Gasteiger partial charge in [-0.25, -0.2) is 4.98 Å². The minimum atomic E-state index is 0.164. The van der Waals surface area contributed by atoms with Crippen molar-refractivity contribution in [3.8, 4) is 0 Å². The molecule has 0 saturated heterocycles. The fourth-order valence-corrected chi connectivity index (χ4v) is 1.68. The molecule has 0 aliphatic rings. The Balaban J connectivity index is 2.09. The number of nitrogens with one attached hydrogen (secondary N) is 2. The normalized spacial score (nSPS) is 12.9. The van der Waals surface area contributed by atoms with Crippen LogP contribution in [0.3, 0.4) is 0 Å². The summed E-state index contributed by atoms with van der Waals surface area (Å²) < 4.78 is 1.71. The topological polar surface area (TPSA) is 71.4 Å². The first kappa shape index (κ1) is 10.8. The van der Waals surface area contributed by atoms with Gasteiger partial charge in [-0.3, -0.25) is 4.68 Å². The van der Waals surface area contributed by atoms with Crippen LogP contribution in [-0.2, 0) is 13.5 Å². The van der Waals surface area contributed by atoms with Crippen LogP contribution in [0.5, 0.6) is 0 Å². The van der Waals surface area contributed by atoms with E-state index in [0.29, 0.717) is 0 Å². The Kier molecular flexibility index (Phi) is 3.31. The van der Waals surface area contributed by atoms with Crippen LogP contribution in [0.2, 0.25) is 0 Å². The number of aromatic nitrogens is 5. The second-order valence-electron chi connectivity index (χ2n) is 3.67. The molecule has 0 saturated carbocycles. The maximum absolute atomic E-state index is 4.27. The molecule has 86 valence electrons. The van der Waals surface area contributed by atoms with Crippen molar-refractivity contribution in [1.82, 2.24) is 30.3 Å². The van der Waals surface area contributed by atoms with Gasteiger partial charge in [0, 0.05) is 32.1 Å². The lowest BCUT2D eigenvalue weighted by molar-refractivity contribution is 0.520. The first-order chi connectivity index (χ1) is 7.79. The van der Waals surface area contributed by atoms with E-state index in [9.17, 15) is 0 Å². The second kappa shape index (κ2) is 4.89. The number of H-pyrrole nitrogens is 1. The Hall–Kier alpha value is -1.69. The summed E-state index contributed by atoms with van der Waals surface area (Å²) in [6, 6.07) is 0.164. The fourth-order valence-electron chi connectivity index (χ4n) is 1.68. The summed E-state index contributed by atoms with van der Waals surface area (Å²) in [5.74, 6) is 0.938. The van der Waals surface area contributed by atoms with Crippen LogP contribution in [0.25, 0.3) is 0 Å². The molecule has 6 nitrogen and oxygen atoms in total. The smallest absolute Gasteiger partial charge is 0.123 e. The first-order valence-corrected chi connectivity index (χ1v) is 5.37. The second-order valence-corrected chi connectivity index (χ2v) is 3.67. The van der Waals surface area contributed by atoms with Gasteiger partial charge in [0.25, 0.3) is 0 Å². The van der Waals surface area contributed by atoms with Gasteiger partial charge in [-0.1, -0.05) is 12.1 Å². The maximum atomic E-state index is 4.27. The van der Waals surface area contributed by atoms with Crippen molar-refractivity contribution in [3.63, 3.8) is 0 Å². The highest BCUT2D eigenvalue weighted by Gasteiger charge is 2.14. The largest absolute Gasteiger partial charge is 0.347 e. The van der Waals surface area contributed by atoms with E-state index in [1.54, 1.807) is 10.9 Å². The van der Waals surface area contributed by atoms with E-state index in [1.165, 1.54) is 0 Å². The van der Waals surface area contributed by atoms with Gasteiger partial charge in [0.05, 0.1) is 11.7 Å². The summed E-state index contributed by atoms with van der Waals surface area (Å²) in [4.78, 5) is 7.39. The predicted octanol–water partition coefficient (Wildman–Crippen LogP) is 0.431. The van der Waals surface area contributed by atoms with Crippen molar-refractivity contribution in [3.05, 3.63) is 30.1 Å². The molecule has 0 radical (unpaired) electrons. The van der Waals surface area contributed by atoms with Crippen LogP contribution in [-0.4, -0.2) is 31.5 Å². The minimum absolute atomic E-state index is 0.164. The molecule has 0 bridgehead atoms. The van der Waals surface area contributed by atoms with Crippen LogP contribution < -0.4 is 5.32 Å². The third-order valence-corrected chi connectivity index (χ3v) is 2.36. The van der Waals surface area contributed by atoms with Gasteiger partial charge in [-0.15, -0.1) is 5.10 Å². The Bertz CT molecular complexity index is 418. The summed E-state index contributed by atoms with van der Waals surface area (Å²) in [5, 5.41) is 11.4. The van der Waals surface area contributed by atoms with Gasteiger partial charge >= 0.3 is 0 Å². The van der Waals surface area contributed by atoms with Crippen molar-refractivity contribution in [2.24, 2.45) is 7.05 Å². The molecule has 1 atom stereocenters. The molecule has 6 heteroatoms. The summed E-state index contributed by atoms with van der Waals surface area (Å²) in [5.41, 5.74) is 0.963. The van der Waals surface area contributed by atoms with Gasteiger partial charge in [0.1, 0.15) is 5.82 Å². The van der Waals surface area contributed by atoms with Crippen LogP contribution in [0, 0.1) is 0 Å². The third kappa shape index (κ3) is 2.46. The minimum Gasteiger partial charge on any atom is -0.347 e. The molecule has 0 spiro atoms. The average Bonchev–Trinajstić information content (AvgIpc) is 2.88. The van der Waals surface area contributed by atoms with Crippen molar-refractivity contribution in [2.45, 2.75) is 19.4 Å². The lowest BCUT2D eigenvalue weighted by atomic mass is 10.1. The molecule has 0 aliphatic carbocycles. The first-order valence-electron chi connectivity index (χ1n) is 5.37. The number of imidazole rings is 1. The molecule has 0 amide bonds. The van der Waals surface area contributed by atoms with Crippen molar-refractivity contribution in [2.75, 3.05) is 6.54 Å². The summed E-state index contributed by atoms with van der Waals surface area (Å²) >= 11 is 0. The predicted molar refractivity (Wildman–Crippen MR) is 59.7 cm³/mol. The van der Waals surface area contributed by atoms with E-state index in [0.717, 1.165) is 24.5 Å². The van der Waals surface area contributed by atoms with E-state index >= 15 is 0 Å². The molecule has 2 heterocycles. The Labute approximate surface area is 94.1 Å². The maximum Gasteiger partial charge on any atom is 0.123 e. The zero-order chi connectivity index (χ0) is 11.4. The number of hydrogen-bond donors (Lipinski definition) is 2. The van der Waals surface area contributed by atoms with Gasteiger partial charge in [-0.05, 0) is 6.54 Å². The van der Waals surface area contributed by atoms with E-state index in [2.05, 4.69) is 32.5 Å². The highest BCUT2D eigenvalue weighted by Crippen LogP contribution is 2.12. The monoisotopic (exact) mass is 220 g/mol. The number of aryl methyl sites for hydroxylation is 1. The molecule has 0 aliphatic heterocycles. The number of likely N-dealkylation sites (N-methyl/N-ethyl adjacent to an activating group) is 1. The highest BCUT2D eigenvalue weighted by molar-refractivity contribution is 5.03. The van der Waals surface area contributed by atoms with Crippen LogP contribution in [0.15, 0.2) is 18.6 Å². The summed E-state index contributed by atoms with van der Waals surface area (Å²) in [7, 11) is 1.87. The molecular formula is C10H16N6. The lowest BCUT2D eigenvalue weighted by Crippen LogP contribution is -2.24. The number of aromatic amines is 1. The molecule has 2 N–H and O–H groups in total.